The smallest absolute Gasteiger partial charge is 0.272 e. The van der Waals surface area contributed by atoms with Crippen molar-refractivity contribution in [2.24, 2.45) is 0 Å². The fraction of sp³-hybridized carbons (Fsp3) is 0.500. The molecule has 0 aromatic carbocycles. The quantitative estimate of drug-likeness (QED) is 0.829. The van der Waals surface area contributed by atoms with Gasteiger partial charge in [0.05, 0.1) is 11.4 Å². The highest BCUT2D eigenvalue weighted by Gasteiger charge is 2.26. The molecule has 0 spiro atoms. The van der Waals surface area contributed by atoms with Crippen LogP contribution >= 0.6 is 0 Å². The average molecular weight is 342 g/mol. The molecule has 1 aliphatic heterocycles. The van der Waals surface area contributed by atoms with Crippen molar-refractivity contribution in [3.05, 3.63) is 41.2 Å². The number of hydrogen-bond donors (Lipinski definition) is 0. The van der Waals surface area contributed by atoms with Crippen molar-refractivity contribution in [1.82, 2.24) is 19.7 Å². The predicted octanol–water partition coefficient (Wildman–Crippen LogP) is 1.85. The summed E-state index contributed by atoms with van der Waals surface area (Å²) < 4.78 is 52.6. The van der Waals surface area contributed by atoms with E-state index in [4.69, 9.17) is 0 Å². The summed E-state index contributed by atoms with van der Waals surface area (Å²) in [5.41, 5.74) is -0.00640. The van der Waals surface area contributed by atoms with Crippen molar-refractivity contribution in [3.8, 4) is 0 Å². The van der Waals surface area contributed by atoms with Gasteiger partial charge in [0.2, 0.25) is 0 Å². The molecule has 0 bridgehead atoms. The van der Waals surface area contributed by atoms with E-state index in [9.17, 15) is 17.2 Å². The number of nitrogens with zero attached hydrogens (tertiary/aromatic N) is 4. The van der Waals surface area contributed by atoms with Crippen molar-refractivity contribution < 1.29 is 17.2 Å². The number of sulfone groups is 1. The van der Waals surface area contributed by atoms with Gasteiger partial charge in [-0.2, -0.15) is 0 Å². The summed E-state index contributed by atoms with van der Waals surface area (Å²) in [4.78, 5) is 3.83. The van der Waals surface area contributed by atoms with E-state index in [0.717, 1.165) is 38.3 Å². The van der Waals surface area contributed by atoms with Crippen LogP contribution in [0.2, 0.25) is 0 Å². The first-order valence-corrected chi connectivity index (χ1v) is 9.01. The summed E-state index contributed by atoms with van der Waals surface area (Å²) in [6.07, 6.45) is 2.76. The first kappa shape index (κ1) is 16.0. The van der Waals surface area contributed by atoms with Crippen molar-refractivity contribution in [2.75, 3.05) is 0 Å². The minimum atomic E-state index is -3.50. The number of hydrogen-bond acceptors (Lipinski definition) is 5. The molecule has 0 saturated carbocycles. The molecule has 0 saturated heterocycles. The SMILES string of the molecule is CC(F)(F)c1ccc(CS(=O)(=O)Cc2nnc3n2CCC3)nc1. The minimum Gasteiger partial charge on any atom is -0.314 e. The molecule has 0 radical (unpaired) electrons. The topological polar surface area (TPSA) is 77.7 Å². The van der Waals surface area contributed by atoms with Crippen LogP contribution in [-0.2, 0) is 40.2 Å². The van der Waals surface area contributed by atoms with Gasteiger partial charge in [-0.25, -0.2) is 17.2 Å². The van der Waals surface area contributed by atoms with Gasteiger partial charge in [0, 0.05) is 31.6 Å². The Bertz CT molecular complexity index is 810. The Balaban J connectivity index is 1.73. The molecule has 3 rings (SSSR count). The number of halogens is 2. The van der Waals surface area contributed by atoms with E-state index >= 15 is 0 Å². The van der Waals surface area contributed by atoms with E-state index in [-0.39, 0.29) is 22.8 Å². The standard InChI is InChI=1S/C14H16F2N4O2S/c1-14(15,16)10-4-5-11(17-7-10)8-23(21,22)9-13-19-18-12-3-2-6-20(12)13/h4-5,7H,2-3,6,8-9H2,1H3. The molecule has 2 aromatic heterocycles. The number of rotatable bonds is 5. The third-order valence-electron chi connectivity index (χ3n) is 3.73. The molecule has 0 atom stereocenters. The van der Waals surface area contributed by atoms with Crippen molar-refractivity contribution >= 4 is 9.84 Å². The van der Waals surface area contributed by atoms with E-state index in [0.29, 0.717) is 5.82 Å². The predicted molar refractivity (Wildman–Crippen MR) is 78.5 cm³/mol. The summed E-state index contributed by atoms with van der Waals surface area (Å²) in [5.74, 6) is -2.30. The Labute approximate surface area is 132 Å². The van der Waals surface area contributed by atoms with Gasteiger partial charge in [-0.15, -0.1) is 10.2 Å². The highest BCUT2D eigenvalue weighted by molar-refractivity contribution is 7.89. The van der Waals surface area contributed by atoms with Crippen LogP contribution in [0.15, 0.2) is 18.3 Å². The van der Waals surface area contributed by atoms with Gasteiger partial charge >= 0.3 is 0 Å². The zero-order chi connectivity index (χ0) is 16.7. The monoisotopic (exact) mass is 342 g/mol. The van der Waals surface area contributed by atoms with Gasteiger partial charge in [0.25, 0.3) is 5.92 Å². The van der Waals surface area contributed by atoms with Crippen molar-refractivity contribution in [3.63, 3.8) is 0 Å². The van der Waals surface area contributed by atoms with Crippen LogP contribution in [0.5, 0.6) is 0 Å². The number of pyridine rings is 1. The van der Waals surface area contributed by atoms with Crippen LogP contribution in [-0.4, -0.2) is 28.2 Å². The van der Waals surface area contributed by atoms with Crippen LogP contribution in [0, 0.1) is 0 Å². The zero-order valence-electron chi connectivity index (χ0n) is 12.5. The summed E-state index contributed by atoms with van der Waals surface area (Å²) >= 11 is 0. The number of aromatic nitrogens is 4. The van der Waals surface area contributed by atoms with Crippen LogP contribution in [0.3, 0.4) is 0 Å². The second-order valence-corrected chi connectivity index (χ2v) is 7.81. The average Bonchev–Trinajstić information content (AvgIpc) is 3.03. The first-order chi connectivity index (χ1) is 10.7. The van der Waals surface area contributed by atoms with Crippen molar-refractivity contribution in [2.45, 2.75) is 43.7 Å². The third-order valence-corrected chi connectivity index (χ3v) is 5.17. The normalized spacial score (nSPS) is 14.9. The summed E-state index contributed by atoms with van der Waals surface area (Å²) in [6, 6.07) is 2.52. The van der Waals surface area contributed by atoms with E-state index in [2.05, 4.69) is 15.2 Å². The second kappa shape index (κ2) is 5.63. The van der Waals surface area contributed by atoms with Gasteiger partial charge in [0.1, 0.15) is 17.4 Å². The lowest BCUT2D eigenvalue weighted by Crippen LogP contribution is -2.13. The maximum atomic E-state index is 13.1. The summed E-state index contributed by atoms with van der Waals surface area (Å²) in [7, 11) is -3.50. The number of fused-ring (bicyclic) bond motifs is 1. The molecule has 0 unspecified atom stereocenters. The Morgan fingerprint density at radius 2 is 2.04 bits per heavy atom. The van der Waals surface area contributed by atoms with Crippen LogP contribution in [0.4, 0.5) is 8.78 Å². The van der Waals surface area contributed by atoms with Gasteiger partial charge in [-0.05, 0) is 18.6 Å². The summed E-state index contributed by atoms with van der Waals surface area (Å²) in [5, 5.41) is 7.90. The maximum Gasteiger partial charge on any atom is 0.272 e. The maximum absolute atomic E-state index is 13.1. The molecule has 1 aliphatic rings. The molecule has 0 N–H and O–H groups in total. The van der Waals surface area contributed by atoms with Crippen LogP contribution in [0.1, 0.15) is 36.3 Å². The van der Waals surface area contributed by atoms with E-state index in [1.807, 2.05) is 4.57 Å². The molecule has 3 heterocycles. The van der Waals surface area contributed by atoms with Crippen LogP contribution in [0.25, 0.3) is 0 Å². The first-order valence-electron chi connectivity index (χ1n) is 7.19. The van der Waals surface area contributed by atoms with Gasteiger partial charge in [-0.1, -0.05) is 0 Å². The van der Waals surface area contributed by atoms with E-state index in [1.54, 1.807) is 0 Å². The number of alkyl halides is 2. The molecule has 0 amide bonds. The highest BCUT2D eigenvalue weighted by Crippen LogP contribution is 2.26. The molecule has 0 fully saturated rings. The molecular weight excluding hydrogens is 326 g/mol. The van der Waals surface area contributed by atoms with Crippen molar-refractivity contribution in [1.29, 1.82) is 0 Å². The van der Waals surface area contributed by atoms with Crippen LogP contribution < -0.4 is 0 Å². The van der Waals surface area contributed by atoms with Gasteiger partial charge < -0.3 is 4.57 Å². The van der Waals surface area contributed by atoms with E-state index < -0.39 is 15.8 Å². The largest absolute Gasteiger partial charge is 0.314 e. The third kappa shape index (κ3) is 3.54. The lowest BCUT2D eigenvalue weighted by molar-refractivity contribution is 0.0171. The Morgan fingerprint density at radius 1 is 1.26 bits per heavy atom. The Kier molecular flexibility index (Phi) is 3.91. The number of aryl methyl sites for hydroxylation is 1. The summed E-state index contributed by atoms with van der Waals surface area (Å²) in [6.45, 7) is 1.50. The van der Waals surface area contributed by atoms with Gasteiger partial charge in [0.15, 0.2) is 9.84 Å². The molecule has 2 aromatic rings. The van der Waals surface area contributed by atoms with E-state index in [1.165, 1.54) is 12.1 Å². The zero-order valence-corrected chi connectivity index (χ0v) is 13.4. The fourth-order valence-electron chi connectivity index (χ4n) is 2.56. The molecule has 0 aliphatic carbocycles. The fourth-order valence-corrected chi connectivity index (χ4v) is 3.89. The minimum absolute atomic E-state index is 0.229. The molecule has 124 valence electrons. The molecule has 9 heteroatoms. The van der Waals surface area contributed by atoms with Gasteiger partial charge in [-0.3, -0.25) is 4.98 Å². The molecular formula is C14H16F2N4O2S. The highest BCUT2D eigenvalue weighted by atomic mass is 32.2. The Morgan fingerprint density at radius 3 is 2.70 bits per heavy atom. The second-order valence-electron chi connectivity index (χ2n) is 5.75. The lowest BCUT2D eigenvalue weighted by Gasteiger charge is -2.10. The Hall–Kier alpha value is -1.90. The molecule has 23 heavy (non-hydrogen) atoms. The lowest BCUT2D eigenvalue weighted by atomic mass is 10.2. The molecule has 6 nitrogen and oxygen atoms in total.